The molecule has 6 nitrogen and oxygen atoms in total. The second-order valence-electron chi connectivity index (χ2n) is 5.75. The Morgan fingerprint density at radius 1 is 1.33 bits per heavy atom. The Morgan fingerprint density at radius 2 is 2.19 bits per heavy atom. The lowest BCUT2D eigenvalue weighted by atomic mass is 9.94. The van der Waals surface area contributed by atoms with Crippen molar-refractivity contribution in [1.82, 2.24) is 25.0 Å². The van der Waals surface area contributed by atoms with Crippen LogP contribution in [0.15, 0.2) is 17.0 Å². The van der Waals surface area contributed by atoms with E-state index in [0.717, 1.165) is 24.6 Å². The summed E-state index contributed by atoms with van der Waals surface area (Å²) in [6.45, 7) is 3.13. The number of nitrogens with one attached hydrogen (secondary N) is 1. The Labute approximate surface area is 125 Å². The van der Waals surface area contributed by atoms with E-state index in [4.69, 9.17) is 4.52 Å². The maximum Gasteiger partial charge on any atom is 0.231 e. The quantitative estimate of drug-likeness (QED) is 0.876. The van der Waals surface area contributed by atoms with Gasteiger partial charge in [-0.25, -0.2) is 4.98 Å². The van der Waals surface area contributed by atoms with Crippen molar-refractivity contribution in [2.75, 3.05) is 6.54 Å². The first-order chi connectivity index (χ1) is 10.3. The maximum atomic E-state index is 5.57. The summed E-state index contributed by atoms with van der Waals surface area (Å²) in [5.74, 6) is 1.71. The minimum absolute atomic E-state index is 0.321. The fourth-order valence-electron chi connectivity index (χ4n) is 3.17. The van der Waals surface area contributed by atoms with Crippen LogP contribution in [0.2, 0.25) is 0 Å². The summed E-state index contributed by atoms with van der Waals surface area (Å²) in [6.07, 6.45) is 9.61. The summed E-state index contributed by atoms with van der Waals surface area (Å²) in [7, 11) is 1.94. The lowest BCUT2D eigenvalue weighted by Crippen LogP contribution is -2.34. The predicted octanol–water partition coefficient (Wildman–Crippen LogP) is 2.50. The highest BCUT2D eigenvalue weighted by Crippen LogP contribution is 2.32. The minimum atomic E-state index is 0.321. The third-order valence-corrected chi connectivity index (χ3v) is 4.29. The zero-order valence-corrected chi connectivity index (χ0v) is 12.7. The van der Waals surface area contributed by atoms with Gasteiger partial charge in [0.1, 0.15) is 5.69 Å². The van der Waals surface area contributed by atoms with E-state index in [0.29, 0.717) is 17.8 Å². The molecule has 0 spiro atoms. The Kier molecular flexibility index (Phi) is 4.34. The number of aromatic nitrogens is 4. The molecule has 114 valence electrons. The molecule has 2 heterocycles. The monoisotopic (exact) mass is 289 g/mol. The molecule has 0 aliphatic heterocycles. The Balaban J connectivity index is 1.84. The standard InChI is InChI=1S/C15H23N5O/c1-3-17-12-8-6-4-5-7-11(12)15-18-14(19-21-15)13-9-16-10-20(13)2/h9-12,17H,3-8H2,1-2H3. The number of rotatable bonds is 4. The van der Waals surface area contributed by atoms with Crippen LogP contribution in [0.1, 0.15) is 50.8 Å². The minimum Gasteiger partial charge on any atom is -0.339 e. The van der Waals surface area contributed by atoms with Gasteiger partial charge in [-0.05, 0) is 19.4 Å². The molecule has 21 heavy (non-hydrogen) atoms. The molecule has 1 fully saturated rings. The van der Waals surface area contributed by atoms with Gasteiger partial charge in [-0.15, -0.1) is 0 Å². The summed E-state index contributed by atoms with van der Waals surface area (Å²) in [5.41, 5.74) is 0.888. The molecular formula is C15H23N5O. The first-order valence-electron chi connectivity index (χ1n) is 7.83. The first-order valence-corrected chi connectivity index (χ1v) is 7.83. The Morgan fingerprint density at radius 3 is 2.95 bits per heavy atom. The van der Waals surface area contributed by atoms with Crippen LogP contribution in [0, 0.1) is 0 Å². The molecule has 3 rings (SSSR count). The van der Waals surface area contributed by atoms with E-state index in [2.05, 4.69) is 27.4 Å². The summed E-state index contributed by atoms with van der Waals surface area (Å²) in [4.78, 5) is 8.74. The molecule has 2 aromatic heterocycles. The van der Waals surface area contributed by atoms with Crippen LogP contribution < -0.4 is 5.32 Å². The van der Waals surface area contributed by atoms with Gasteiger partial charge in [-0.2, -0.15) is 4.98 Å². The van der Waals surface area contributed by atoms with Crippen molar-refractivity contribution < 1.29 is 4.52 Å². The van der Waals surface area contributed by atoms with Crippen molar-refractivity contribution >= 4 is 0 Å². The summed E-state index contributed by atoms with van der Waals surface area (Å²) in [6, 6.07) is 0.442. The number of likely N-dealkylation sites (N-methyl/N-ethyl adjacent to an activating group) is 1. The van der Waals surface area contributed by atoms with E-state index in [1.807, 2.05) is 11.6 Å². The van der Waals surface area contributed by atoms with E-state index in [1.54, 1.807) is 12.5 Å². The van der Waals surface area contributed by atoms with Crippen LogP contribution in [0.3, 0.4) is 0 Å². The highest BCUT2D eigenvalue weighted by molar-refractivity contribution is 5.47. The number of nitrogens with zero attached hydrogens (tertiary/aromatic N) is 4. The number of aryl methyl sites for hydroxylation is 1. The molecule has 0 saturated heterocycles. The third kappa shape index (κ3) is 3.00. The van der Waals surface area contributed by atoms with Crippen LogP contribution >= 0.6 is 0 Å². The van der Waals surface area contributed by atoms with E-state index >= 15 is 0 Å². The molecular weight excluding hydrogens is 266 g/mol. The molecule has 1 N–H and O–H groups in total. The molecule has 0 bridgehead atoms. The largest absolute Gasteiger partial charge is 0.339 e. The van der Waals surface area contributed by atoms with Crippen LogP contribution in [-0.2, 0) is 7.05 Å². The zero-order chi connectivity index (χ0) is 14.7. The van der Waals surface area contributed by atoms with Gasteiger partial charge >= 0.3 is 0 Å². The first kappa shape index (κ1) is 14.3. The highest BCUT2D eigenvalue weighted by atomic mass is 16.5. The van der Waals surface area contributed by atoms with Crippen molar-refractivity contribution in [3.63, 3.8) is 0 Å². The fraction of sp³-hybridized carbons (Fsp3) is 0.667. The number of hydrogen-bond acceptors (Lipinski definition) is 5. The highest BCUT2D eigenvalue weighted by Gasteiger charge is 2.29. The summed E-state index contributed by atoms with van der Waals surface area (Å²) < 4.78 is 7.48. The molecule has 1 saturated carbocycles. The van der Waals surface area contributed by atoms with E-state index in [1.165, 1.54) is 25.7 Å². The lowest BCUT2D eigenvalue weighted by Gasteiger charge is -2.22. The van der Waals surface area contributed by atoms with E-state index < -0.39 is 0 Å². The van der Waals surface area contributed by atoms with Gasteiger partial charge in [-0.1, -0.05) is 31.3 Å². The Hall–Kier alpha value is -1.69. The molecule has 2 unspecified atom stereocenters. The number of imidazole rings is 1. The number of hydrogen-bond donors (Lipinski definition) is 1. The van der Waals surface area contributed by atoms with Crippen LogP contribution in [-0.4, -0.2) is 32.3 Å². The van der Waals surface area contributed by atoms with E-state index in [-0.39, 0.29) is 0 Å². The van der Waals surface area contributed by atoms with Crippen molar-refractivity contribution in [3.05, 3.63) is 18.4 Å². The van der Waals surface area contributed by atoms with Crippen molar-refractivity contribution in [2.24, 2.45) is 7.05 Å². The second kappa shape index (κ2) is 6.39. The van der Waals surface area contributed by atoms with Crippen molar-refractivity contribution in [3.8, 4) is 11.5 Å². The van der Waals surface area contributed by atoms with Gasteiger partial charge in [0, 0.05) is 13.1 Å². The maximum absolute atomic E-state index is 5.57. The average Bonchev–Trinajstić information content (AvgIpc) is 3.05. The molecule has 1 aliphatic carbocycles. The molecule has 0 aromatic carbocycles. The average molecular weight is 289 g/mol. The smallest absolute Gasteiger partial charge is 0.231 e. The van der Waals surface area contributed by atoms with Gasteiger partial charge in [-0.3, -0.25) is 0 Å². The van der Waals surface area contributed by atoms with Crippen LogP contribution in [0.5, 0.6) is 0 Å². The SMILES string of the molecule is CCNC1CCCCCC1c1nc(-c2cncn2C)no1. The van der Waals surface area contributed by atoms with Gasteiger partial charge < -0.3 is 14.4 Å². The van der Waals surface area contributed by atoms with Crippen LogP contribution in [0.25, 0.3) is 11.5 Å². The normalized spacial score (nSPS) is 23.1. The Bertz CT molecular complexity index is 576. The van der Waals surface area contributed by atoms with Gasteiger partial charge in [0.2, 0.25) is 11.7 Å². The van der Waals surface area contributed by atoms with Crippen molar-refractivity contribution in [1.29, 1.82) is 0 Å². The molecule has 6 heteroatoms. The predicted molar refractivity (Wildman–Crippen MR) is 79.8 cm³/mol. The van der Waals surface area contributed by atoms with Crippen molar-refractivity contribution in [2.45, 2.75) is 51.0 Å². The summed E-state index contributed by atoms with van der Waals surface area (Å²) >= 11 is 0. The lowest BCUT2D eigenvalue weighted by molar-refractivity contribution is 0.306. The molecule has 0 amide bonds. The zero-order valence-electron chi connectivity index (χ0n) is 12.7. The topological polar surface area (TPSA) is 68.8 Å². The van der Waals surface area contributed by atoms with E-state index in [9.17, 15) is 0 Å². The third-order valence-electron chi connectivity index (χ3n) is 4.29. The molecule has 2 atom stereocenters. The molecule has 2 aromatic rings. The van der Waals surface area contributed by atoms with Crippen LogP contribution in [0.4, 0.5) is 0 Å². The fourth-order valence-corrected chi connectivity index (χ4v) is 3.17. The molecule has 1 aliphatic rings. The van der Waals surface area contributed by atoms with Gasteiger partial charge in [0.15, 0.2) is 0 Å². The van der Waals surface area contributed by atoms with Gasteiger partial charge in [0.25, 0.3) is 0 Å². The summed E-state index contributed by atoms with van der Waals surface area (Å²) in [5, 5.41) is 7.73. The molecule has 0 radical (unpaired) electrons. The second-order valence-corrected chi connectivity index (χ2v) is 5.75. The van der Waals surface area contributed by atoms with Gasteiger partial charge in [0.05, 0.1) is 18.4 Å².